The maximum absolute atomic E-state index is 11.0. The highest BCUT2D eigenvalue weighted by Gasteiger charge is 2.19. The van der Waals surface area contributed by atoms with Gasteiger partial charge in [0.1, 0.15) is 0 Å². The lowest BCUT2D eigenvalue weighted by atomic mass is 9.93. The summed E-state index contributed by atoms with van der Waals surface area (Å²) in [6.45, 7) is 0. The molecule has 1 aliphatic carbocycles. The van der Waals surface area contributed by atoms with Gasteiger partial charge in [0.25, 0.3) is 10.2 Å². The van der Waals surface area contributed by atoms with Gasteiger partial charge in [-0.2, -0.15) is 8.42 Å². The number of nitrogens with one attached hydrogen (secondary N) is 2. The van der Waals surface area contributed by atoms with Crippen molar-refractivity contribution in [3.63, 3.8) is 0 Å². The van der Waals surface area contributed by atoms with E-state index in [1.165, 1.54) is 0 Å². The predicted molar refractivity (Wildman–Crippen MR) is 75.1 cm³/mol. The summed E-state index contributed by atoms with van der Waals surface area (Å²) in [7, 11) is -3.75. The lowest BCUT2D eigenvalue weighted by Gasteiger charge is -2.27. The van der Waals surface area contributed by atoms with Gasteiger partial charge in [-0.05, 0) is 43.9 Å². The summed E-state index contributed by atoms with van der Waals surface area (Å²) < 4.78 is 24.1. The number of aliphatic hydroxyl groups excluding tert-OH is 1. The molecule has 0 aliphatic heterocycles. The predicted octanol–water partition coefficient (Wildman–Crippen LogP) is 1.02. The van der Waals surface area contributed by atoms with Crippen LogP contribution in [-0.2, 0) is 10.2 Å². The van der Waals surface area contributed by atoms with E-state index in [-0.39, 0.29) is 6.10 Å². The summed E-state index contributed by atoms with van der Waals surface area (Å²) in [5, 5.41) is 17.7. The Labute approximate surface area is 113 Å². The molecule has 1 fully saturated rings. The second kappa shape index (κ2) is 5.77. The van der Waals surface area contributed by atoms with Gasteiger partial charge in [-0.15, -0.1) is 0 Å². The second-order valence-corrected chi connectivity index (χ2v) is 6.17. The molecule has 2 rings (SSSR count). The molecule has 106 valence electrons. The van der Waals surface area contributed by atoms with Gasteiger partial charge in [-0.25, -0.2) is 5.14 Å². The Morgan fingerprint density at radius 3 is 2.42 bits per heavy atom. The summed E-state index contributed by atoms with van der Waals surface area (Å²) >= 11 is 0. The molecule has 19 heavy (non-hydrogen) atoms. The van der Waals surface area contributed by atoms with Crippen molar-refractivity contribution >= 4 is 21.6 Å². The fraction of sp³-hybridized carbons (Fsp3) is 0.500. The molecule has 0 aromatic heterocycles. The molecule has 0 radical (unpaired) electrons. The first-order valence-corrected chi connectivity index (χ1v) is 7.82. The van der Waals surface area contributed by atoms with E-state index in [1.807, 2.05) is 6.07 Å². The average molecular weight is 285 g/mol. The van der Waals surface area contributed by atoms with E-state index >= 15 is 0 Å². The summed E-state index contributed by atoms with van der Waals surface area (Å²) in [4.78, 5) is 0. The van der Waals surface area contributed by atoms with E-state index in [0.717, 1.165) is 31.4 Å². The molecule has 1 saturated carbocycles. The fourth-order valence-corrected chi connectivity index (χ4v) is 2.75. The minimum atomic E-state index is -3.75. The summed E-state index contributed by atoms with van der Waals surface area (Å²) in [5.41, 5.74) is 1.28. The van der Waals surface area contributed by atoms with Crippen LogP contribution in [0.1, 0.15) is 25.7 Å². The number of benzene rings is 1. The van der Waals surface area contributed by atoms with Gasteiger partial charge in [-0.1, -0.05) is 6.07 Å². The van der Waals surface area contributed by atoms with E-state index in [9.17, 15) is 13.5 Å². The third kappa shape index (κ3) is 4.70. The largest absolute Gasteiger partial charge is 0.393 e. The van der Waals surface area contributed by atoms with Crippen molar-refractivity contribution < 1.29 is 13.5 Å². The molecule has 1 aromatic carbocycles. The third-order valence-electron chi connectivity index (χ3n) is 3.19. The zero-order valence-electron chi connectivity index (χ0n) is 10.5. The molecule has 0 saturated heterocycles. The first kappa shape index (κ1) is 14.1. The van der Waals surface area contributed by atoms with E-state index in [4.69, 9.17) is 5.14 Å². The van der Waals surface area contributed by atoms with Crippen LogP contribution >= 0.6 is 0 Å². The number of aliphatic hydroxyl groups is 1. The number of rotatable bonds is 4. The Hall–Kier alpha value is -1.31. The number of hydrogen-bond donors (Lipinski definition) is 4. The highest BCUT2D eigenvalue weighted by Crippen LogP contribution is 2.23. The van der Waals surface area contributed by atoms with E-state index < -0.39 is 10.2 Å². The molecular formula is C12H19N3O3S. The van der Waals surface area contributed by atoms with E-state index in [2.05, 4.69) is 10.0 Å². The summed E-state index contributed by atoms with van der Waals surface area (Å²) in [5.74, 6) is 0. The van der Waals surface area contributed by atoms with Crippen molar-refractivity contribution in [3.05, 3.63) is 24.3 Å². The molecule has 1 aromatic rings. The van der Waals surface area contributed by atoms with Gasteiger partial charge in [0.2, 0.25) is 0 Å². The lowest BCUT2D eigenvalue weighted by Crippen LogP contribution is -2.28. The van der Waals surface area contributed by atoms with Gasteiger partial charge in [0, 0.05) is 11.7 Å². The quantitative estimate of drug-likeness (QED) is 0.663. The van der Waals surface area contributed by atoms with Crippen LogP contribution in [0.4, 0.5) is 11.4 Å². The molecule has 1 aliphatic rings. The fourth-order valence-electron chi connectivity index (χ4n) is 2.29. The van der Waals surface area contributed by atoms with Gasteiger partial charge in [-0.3, -0.25) is 4.72 Å². The van der Waals surface area contributed by atoms with Gasteiger partial charge >= 0.3 is 0 Å². The van der Waals surface area contributed by atoms with Crippen LogP contribution < -0.4 is 15.2 Å². The van der Waals surface area contributed by atoms with Crippen molar-refractivity contribution in [2.45, 2.75) is 37.8 Å². The highest BCUT2D eigenvalue weighted by molar-refractivity contribution is 7.90. The Morgan fingerprint density at radius 2 is 1.79 bits per heavy atom. The van der Waals surface area contributed by atoms with Crippen LogP contribution in [-0.4, -0.2) is 25.7 Å². The average Bonchev–Trinajstić information content (AvgIpc) is 2.30. The van der Waals surface area contributed by atoms with E-state index in [1.54, 1.807) is 18.2 Å². The summed E-state index contributed by atoms with van der Waals surface area (Å²) in [6.07, 6.45) is 3.23. The van der Waals surface area contributed by atoms with Crippen molar-refractivity contribution in [1.82, 2.24) is 0 Å². The normalized spacial score (nSPS) is 23.9. The van der Waals surface area contributed by atoms with Crippen LogP contribution in [0, 0.1) is 0 Å². The molecule has 0 atom stereocenters. The molecular weight excluding hydrogens is 266 g/mol. The number of anilines is 2. The Morgan fingerprint density at radius 1 is 1.16 bits per heavy atom. The standard InChI is InChI=1S/C12H19N3O3S/c13-19(17,18)15-11-3-1-2-10(8-11)14-9-4-6-12(16)7-5-9/h1-3,8-9,12,14-16H,4-7H2,(H2,13,17,18). The molecule has 0 heterocycles. The Balaban J connectivity index is 1.99. The molecule has 0 spiro atoms. The number of nitrogens with two attached hydrogens (primary N) is 1. The Bertz CT molecular complexity index is 525. The maximum Gasteiger partial charge on any atom is 0.296 e. The van der Waals surface area contributed by atoms with E-state index in [0.29, 0.717) is 11.7 Å². The number of hydrogen-bond acceptors (Lipinski definition) is 4. The molecule has 0 amide bonds. The topological polar surface area (TPSA) is 104 Å². The van der Waals surface area contributed by atoms with Crippen LogP contribution in [0.5, 0.6) is 0 Å². The molecule has 0 unspecified atom stereocenters. The smallest absolute Gasteiger partial charge is 0.296 e. The van der Waals surface area contributed by atoms with Crippen LogP contribution in [0.3, 0.4) is 0 Å². The minimum Gasteiger partial charge on any atom is -0.393 e. The van der Waals surface area contributed by atoms with Crippen molar-refractivity contribution in [2.75, 3.05) is 10.0 Å². The van der Waals surface area contributed by atoms with Crippen LogP contribution in [0.15, 0.2) is 24.3 Å². The highest BCUT2D eigenvalue weighted by atomic mass is 32.2. The lowest BCUT2D eigenvalue weighted by molar-refractivity contribution is 0.126. The Kier molecular flexibility index (Phi) is 4.28. The van der Waals surface area contributed by atoms with Crippen molar-refractivity contribution in [3.8, 4) is 0 Å². The van der Waals surface area contributed by atoms with Gasteiger partial charge < -0.3 is 10.4 Å². The molecule has 6 nitrogen and oxygen atoms in total. The van der Waals surface area contributed by atoms with Crippen LogP contribution in [0.2, 0.25) is 0 Å². The first-order valence-electron chi connectivity index (χ1n) is 6.27. The van der Waals surface area contributed by atoms with Gasteiger partial charge in [0.15, 0.2) is 0 Å². The zero-order chi connectivity index (χ0) is 13.9. The first-order chi connectivity index (χ1) is 8.92. The molecule has 7 heteroatoms. The summed E-state index contributed by atoms with van der Waals surface area (Å²) in [6, 6.07) is 7.29. The minimum absolute atomic E-state index is 0.187. The second-order valence-electron chi connectivity index (χ2n) is 4.88. The SMILES string of the molecule is NS(=O)(=O)Nc1cccc(NC2CCC(O)CC2)c1. The molecule has 5 N–H and O–H groups in total. The zero-order valence-corrected chi connectivity index (χ0v) is 11.4. The van der Waals surface area contributed by atoms with Gasteiger partial charge in [0.05, 0.1) is 11.8 Å². The maximum atomic E-state index is 11.0. The van der Waals surface area contributed by atoms with Crippen LogP contribution in [0.25, 0.3) is 0 Å². The third-order valence-corrected chi connectivity index (χ3v) is 3.71. The van der Waals surface area contributed by atoms with Crippen molar-refractivity contribution in [2.24, 2.45) is 5.14 Å². The monoisotopic (exact) mass is 285 g/mol. The molecule has 0 bridgehead atoms. The van der Waals surface area contributed by atoms with Crippen molar-refractivity contribution in [1.29, 1.82) is 0 Å².